The molecule has 1 rings (SSSR count). The van der Waals surface area contributed by atoms with E-state index in [-0.39, 0.29) is 17.9 Å². The van der Waals surface area contributed by atoms with Crippen LogP contribution in [0.5, 0.6) is 5.75 Å². The molecule has 0 aliphatic heterocycles. The van der Waals surface area contributed by atoms with Crippen molar-refractivity contribution in [3.63, 3.8) is 0 Å². The minimum absolute atomic E-state index is 0.0695. The van der Waals surface area contributed by atoms with Gasteiger partial charge in [-0.2, -0.15) is 0 Å². The van der Waals surface area contributed by atoms with Crippen LogP contribution in [0.25, 0.3) is 0 Å². The molecule has 0 saturated carbocycles. The molecule has 0 unspecified atom stereocenters. The van der Waals surface area contributed by atoms with Gasteiger partial charge in [0.05, 0.1) is 0 Å². The second kappa shape index (κ2) is 5.54. The van der Waals surface area contributed by atoms with Gasteiger partial charge in [-0.3, -0.25) is 4.79 Å². The minimum Gasteiger partial charge on any atom is -0.484 e. The molecule has 3 heteroatoms. The van der Waals surface area contributed by atoms with E-state index in [9.17, 15) is 4.79 Å². The molecule has 1 aromatic rings. The van der Waals surface area contributed by atoms with E-state index >= 15 is 0 Å². The van der Waals surface area contributed by atoms with Gasteiger partial charge in [0, 0.05) is 6.54 Å². The van der Waals surface area contributed by atoms with Crippen molar-refractivity contribution >= 4 is 5.91 Å². The molecule has 0 aromatic heterocycles. The molecule has 3 nitrogen and oxygen atoms in total. The van der Waals surface area contributed by atoms with Crippen molar-refractivity contribution in [3.05, 3.63) is 30.3 Å². The van der Waals surface area contributed by atoms with Gasteiger partial charge in [0.25, 0.3) is 5.91 Å². The van der Waals surface area contributed by atoms with Crippen molar-refractivity contribution in [2.45, 2.75) is 20.8 Å². The third kappa shape index (κ3) is 5.39. The quantitative estimate of drug-likeness (QED) is 0.846. The average Bonchev–Trinajstić information content (AvgIpc) is 2.24. The molecule has 88 valence electrons. The molecule has 16 heavy (non-hydrogen) atoms. The minimum atomic E-state index is -0.0845. The van der Waals surface area contributed by atoms with Crippen molar-refractivity contribution in [1.29, 1.82) is 0 Å². The Bertz CT molecular complexity index is 328. The Hall–Kier alpha value is -1.51. The average molecular weight is 221 g/mol. The highest BCUT2D eigenvalue weighted by Gasteiger charge is 2.11. The van der Waals surface area contributed by atoms with Gasteiger partial charge in [0.15, 0.2) is 6.61 Å². The van der Waals surface area contributed by atoms with Gasteiger partial charge < -0.3 is 10.1 Å². The molecule has 1 aromatic carbocycles. The molecule has 0 fully saturated rings. The largest absolute Gasteiger partial charge is 0.484 e. The highest BCUT2D eigenvalue weighted by molar-refractivity contribution is 5.77. The molecular formula is C13H19NO2. The Kier molecular flexibility index (Phi) is 4.35. The number of carbonyl (C=O) groups is 1. The summed E-state index contributed by atoms with van der Waals surface area (Å²) in [6.07, 6.45) is 0. The standard InChI is InChI=1S/C13H19NO2/c1-13(2,3)10-14-12(15)9-16-11-7-5-4-6-8-11/h4-8H,9-10H2,1-3H3,(H,14,15). The van der Waals surface area contributed by atoms with E-state index in [1.54, 1.807) is 0 Å². The summed E-state index contributed by atoms with van der Waals surface area (Å²) in [5.41, 5.74) is 0.0996. The summed E-state index contributed by atoms with van der Waals surface area (Å²) in [7, 11) is 0. The first-order valence-electron chi connectivity index (χ1n) is 5.42. The zero-order valence-corrected chi connectivity index (χ0v) is 10.1. The predicted octanol–water partition coefficient (Wildman–Crippen LogP) is 2.23. The molecule has 1 amide bonds. The number of rotatable bonds is 4. The van der Waals surface area contributed by atoms with Crippen molar-refractivity contribution in [3.8, 4) is 5.75 Å². The molecule has 0 spiro atoms. The van der Waals surface area contributed by atoms with E-state index in [0.717, 1.165) is 0 Å². The van der Waals surface area contributed by atoms with Crippen LogP contribution in [0.15, 0.2) is 30.3 Å². The van der Waals surface area contributed by atoms with Crippen LogP contribution in [0.3, 0.4) is 0 Å². The summed E-state index contributed by atoms with van der Waals surface area (Å²) in [5.74, 6) is 0.632. The van der Waals surface area contributed by atoms with Gasteiger partial charge in [-0.25, -0.2) is 0 Å². The zero-order valence-electron chi connectivity index (χ0n) is 10.1. The first-order chi connectivity index (χ1) is 7.47. The molecule has 0 heterocycles. The molecule has 0 aliphatic carbocycles. The van der Waals surface area contributed by atoms with Gasteiger partial charge in [0.2, 0.25) is 0 Å². The Morgan fingerprint density at radius 1 is 1.25 bits per heavy atom. The Balaban J connectivity index is 2.26. The van der Waals surface area contributed by atoms with Gasteiger partial charge in [0.1, 0.15) is 5.75 Å². The molecule has 0 bridgehead atoms. The van der Waals surface area contributed by atoms with Crippen LogP contribution in [0, 0.1) is 5.41 Å². The second-order valence-electron chi connectivity index (χ2n) is 4.94. The van der Waals surface area contributed by atoms with Crippen LogP contribution >= 0.6 is 0 Å². The maximum atomic E-state index is 11.4. The SMILES string of the molecule is CC(C)(C)CNC(=O)COc1ccccc1. The lowest BCUT2D eigenvalue weighted by molar-refractivity contribution is -0.123. The number of carbonyl (C=O) groups excluding carboxylic acids is 1. The van der Waals surface area contributed by atoms with Crippen molar-refractivity contribution < 1.29 is 9.53 Å². The smallest absolute Gasteiger partial charge is 0.257 e. The topological polar surface area (TPSA) is 38.3 Å². The predicted molar refractivity (Wildman–Crippen MR) is 64.4 cm³/mol. The summed E-state index contributed by atoms with van der Waals surface area (Å²) in [6, 6.07) is 9.32. The Morgan fingerprint density at radius 3 is 2.44 bits per heavy atom. The fourth-order valence-corrected chi connectivity index (χ4v) is 1.08. The Labute approximate surface area is 96.8 Å². The van der Waals surface area contributed by atoms with E-state index in [4.69, 9.17) is 4.74 Å². The van der Waals surface area contributed by atoms with Crippen LogP contribution in [0.2, 0.25) is 0 Å². The Morgan fingerprint density at radius 2 is 1.88 bits per heavy atom. The monoisotopic (exact) mass is 221 g/mol. The van der Waals surface area contributed by atoms with Gasteiger partial charge >= 0.3 is 0 Å². The highest BCUT2D eigenvalue weighted by atomic mass is 16.5. The summed E-state index contributed by atoms with van der Waals surface area (Å²) >= 11 is 0. The zero-order chi connectivity index (χ0) is 12.0. The number of para-hydroxylation sites is 1. The normalized spacial score (nSPS) is 10.9. The third-order valence-corrected chi connectivity index (χ3v) is 1.93. The molecule has 0 atom stereocenters. The fraction of sp³-hybridized carbons (Fsp3) is 0.462. The van der Waals surface area contributed by atoms with E-state index in [1.807, 2.05) is 30.3 Å². The van der Waals surface area contributed by atoms with E-state index in [1.165, 1.54) is 0 Å². The van der Waals surface area contributed by atoms with E-state index in [2.05, 4.69) is 26.1 Å². The van der Waals surface area contributed by atoms with Crippen LogP contribution in [-0.2, 0) is 4.79 Å². The summed E-state index contributed by atoms with van der Waals surface area (Å²) < 4.78 is 5.32. The fourth-order valence-electron chi connectivity index (χ4n) is 1.08. The van der Waals surface area contributed by atoms with Gasteiger partial charge in [-0.15, -0.1) is 0 Å². The summed E-state index contributed by atoms with van der Waals surface area (Å²) in [6.45, 7) is 6.95. The van der Waals surface area contributed by atoms with Crippen molar-refractivity contribution in [2.75, 3.05) is 13.2 Å². The van der Waals surface area contributed by atoms with Crippen LogP contribution in [-0.4, -0.2) is 19.1 Å². The first-order valence-corrected chi connectivity index (χ1v) is 5.42. The van der Waals surface area contributed by atoms with E-state index < -0.39 is 0 Å². The summed E-state index contributed by atoms with van der Waals surface area (Å²) in [5, 5.41) is 2.83. The van der Waals surface area contributed by atoms with Crippen LogP contribution in [0.1, 0.15) is 20.8 Å². The lowest BCUT2D eigenvalue weighted by Gasteiger charge is -2.18. The second-order valence-corrected chi connectivity index (χ2v) is 4.94. The molecule has 0 radical (unpaired) electrons. The number of amides is 1. The first kappa shape index (κ1) is 12.6. The maximum absolute atomic E-state index is 11.4. The molecule has 1 N–H and O–H groups in total. The molecule has 0 aliphatic rings. The molecular weight excluding hydrogens is 202 g/mol. The van der Waals surface area contributed by atoms with E-state index in [0.29, 0.717) is 12.3 Å². The number of hydrogen-bond donors (Lipinski definition) is 1. The summed E-state index contributed by atoms with van der Waals surface area (Å²) in [4.78, 5) is 11.4. The van der Waals surface area contributed by atoms with Gasteiger partial charge in [-0.05, 0) is 17.5 Å². The van der Waals surface area contributed by atoms with Crippen molar-refractivity contribution in [2.24, 2.45) is 5.41 Å². The lowest BCUT2D eigenvalue weighted by Crippen LogP contribution is -2.35. The van der Waals surface area contributed by atoms with Gasteiger partial charge in [-0.1, -0.05) is 39.0 Å². The number of benzene rings is 1. The highest BCUT2D eigenvalue weighted by Crippen LogP contribution is 2.10. The third-order valence-electron chi connectivity index (χ3n) is 1.93. The van der Waals surface area contributed by atoms with Crippen molar-refractivity contribution in [1.82, 2.24) is 5.32 Å². The number of nitrogens with one attached hydrogen (secondary N) is 1. The number of hydrogen-bond acceptors (Lipinski definition) is 2. The lowest BCUT2D eigenvalue weighted by atomic mass is 9.97. The molecule has 0 saturated heterocycles. The maximum Gasteiger partial charge on any atom is 0.257 e. The number of ether oxygens (including phenoxy) is 1. The van der Waals surface area contributed by atoms with Crippen LogP contribution < -0.4 is 10.1 Å². The van der Waals surface area contributed by atoms with Crippen LogP contribution in [0.4, 0.5) is 0 Å².